The minimum atomic E-state index is -1.19. The van der Waals surface area contributed by atoms with Crippen LogP contribution in [-0.2, 0) is 9.47 Å². The highest BCUT2D eigenvalue weighted by molar-refractivity contribution is 5.52. The third kappa shape index (κ3) is 3.67. The fourth-order valence-corrected chi connectivity index (χ4v) is 4.19. The molecule has 30 heavy (non-hydrogen) atoms. The van der Waals surface area contributed by atoms with Gasteiger partial charge in [0.15, 0.2) is 6.29 Å². The summed E-state index contributed by atoms with van der Waals surface area (Å²) in [5.74, 6) is 0.901. The van der Waals surface area contributed by atoms with Crippen molar-refractivity contribution >= 4 is 6.08 Å². The van der Waals surface area contributed by atoms with Gasteiger partial charge in [0.25, 0.3) is 0 Å². The zero-order chi connectivity index (χ0) is 22.1. The van der Waals surface area contributed by atoms with Crippen molar-refractivity contribution in [3.05, 3.63) is 58.2 Å². The van der Waals surface area contributed by atoms with Gasteiger partial charge in [-0.25, -0.2) is 4.79 Å². The van der Waals surface area contributed by atoms with E-state index in [1.165, 1.54) is 13.2 Å². The number of methoxy groups -OCH3 is 1. The van der Waals surface area contributed by atoms with E-state index < -0.39 is 35.1 Å². The van der Waals surface area contributed by atoms with E-state index in [4.69, 9.17) is 18.6 Å². The highest BCUT2D eigenvalue weighted by Crippen LogP contribution is 2.55. The lowest BCUT2D eigenvalue weighted by Crippen LogP contribution is -2.54. The zero-order valence-corrected chi connectivity index (χ0v) is 18.0. The Bertz CT molecular complexity index is 911. The van der Waals surface area contributed by atoms with E-state index in [9.17, 15) is 15.0 Å². The van der Waals surface area contributed by atoms with Crippen LogP contribution in [0.3, 0.4) is 0 Å². The van der Waals surface area contributed by atoms with Crippen molar-refractivity contribution in [3.8, 4) is 5.75 Å². The lowest BCUT2D eigenvalue weighted by molar-refractivity contribution is -0.144. The number of aliphatic hydroxyl groups is 2. The van der Waals surface area contributed by atoms with Crippen LogP contribution in [0.1, 0.15) is 38.5 Å². The maximum Gasteiger partial charge on any atom is 0.339 e. The molecule has 2 aliphatic heterocycles. The van der Waals surface area contributed by atoms with Gasteiger partial charge in [0.2, 0.25) is 0 Å². The summed E-state index contributed by atoms with van der Waals surface area (Å²) in [5, 5.41) is 21.8. The molecule has 0 unspecified atom stereocenters. The van der Waals surface area contributed by atoms with E-state index in [0.29, 0.717) is 17.9 Å². The molecule has 7 heteroatoms. The second-order valence-corrected chi connectivity index (χ2v) is 8.09. The summed E-state index contributed by atoms with van der Waals surface area (Å²) in [6.07, 6.45) is 8.53. The summed E-state index contributed by atoms with van der Waals surface area (Å²) >= 11 is 0. The average molecular weight is 418 g/mol. The monoisotopic (exact) mass is 418 g/mol. The van der Waals surface area contributed by atoms with Crippen molar-refractivity contribution < 1.29 is 28.8 Å². The smallest absolute Gasteiger partial charge is 0.339 e. The van der Waals surface area contributed by atoms with Crippen LogP contribution < -0.4 is 10.4 Å². The van der Waals surface area contributed by atoms with E-state index in [-0.39, 0.29) is 6.10 Å². The highest BCUT2D eigenvalue weighted by atomic mass is 16.7. The summed E-state index contributed by atoms with van der Waals surface area (Å²) in [6.45, 7) is 7.24. The van der Waals surface area contributed by atoms with Crippen molar-refractivity contribution in [2.45, 2.75) is 64.3 Å². The molecule has 0 radical (unpaired) electrons. The summed E-state index contributed by atoms with van der Waals surface area (Å²) in [7, 11) is 1.50. The fourth-order valence-electron chi connectivity index (χ4n) is 4.19. The van der Waals surface area contributed by atoms with Gasteiger partial charge in [-0.05, 0) is 33.3 Å². The van der Waals surface area contributed by atoms with Crippen LogP contribution in [0.4, 0.5) is 0 Å². The van der Waals surface area contributed by atoms with Gasteiger partial charge < -0.3 is 28.8 Å². The standard InChI is InChI=1S/C23H30O7/c1-6-18-23(4,26)22(3)20(25)16(29-21(22)30-18)12-10-8-7-9-11-15-14(2)17(27-5)13-19(24)28-15/h7-13,16,18,20-21,25-26H,6H2,1-5H3/t16-,18-,20+,21-,22+,23+/m1/s1. The Morgan fingerprint density at radius 2 is 1.90 bits per heavy atom. The molecule has 6 atom stereocenters. The number of hydrogen-bond acceptors (Lipinski definition) is 7. The normalized spacial score (nSPS) is 36.4. The number of rotatable bonds is 6. The molecular weight excluding hydrogens is 388 g/mol. The maximum absolute atomic E-state index is 11.6. The Morgan fingerprint density at radius 3 is 2.53 bits per heavy atom. The maximum atomic E-state index is 11.6. The second-order valence-electron chi connectivity index (χ2n) is 8.09. The Hall–Kier alpha value is -2.19. The van der Waals surface area contributed by atoms with Crippen molar-refractivity contribution in [2.75, 3.05) is 7.11 Å². The van der Waals surface area contributed by atoms with Gasteiger partial charge in [-0.15, -0.1) is 0 Å². The van der Waals surface area contributed by atoms with Crippen molar-refractivity contribution in [3.63, 3.8) is 0 Å². The van der Waals surface area contributed by atoms with Gasteiger partial charge in [0, 0.05) is 5.56 Å². The van der Waals surface area contributed by atoms with Crippen LogP contribution in [0, 0.1) is 12.3 Å². The van der Waals surface area contributed by atoms with E-state index >= 15 is 0 Å². The minimum absolute atomic E-state index is 0.378. The van der Waals surface area contributed by atoms with E-state index in [1.54, 1.807) is 57.2 Å². The molecule has 0 bridgehead atoms. The topological polar surface area (TPSA) is 98.4 Å². The highest BCUT2D eigenvalue weighted by Gasteiger charge is 2.69. The van der Waals surface area contributed by atoms with E-state index in [2.05, 4.69) is 0 Å². The van der Waals surface area contributed by atoms with Crippen LogP contribution in [0.5, 0.6) is 5.75 Å². The van der Waals surface area contributed by atoms with Crippen LogP contribution in [-0.4, -0.2) is 47.5 Å². The molecule has 0 spiro atoms. The molecule has 2 aliphatic rings. The Kier molecular flexibility index (Phi) is 6.38. The van der Waals surface area contributed by atoms with Gasteiger partial charge in [-0.3, -0.25) is 0 Å². The molecule has 2 saturated heterocycles. The van der Waals surface area contributed by atoms with Gasteiger partial charge in [-0.2, -0.15) is 0 Å². The number of fused-ring (bicyclic) bond motifs is 1. The first kappa shape index (κ1) is 22.5. The second kappa shape index (κ2) is 8.51. The first-order valence-electron chi connectivity index (χ1n) is 10.1. The molecule has 164 valence electrons. The van der Waals surface area contributed by atoms with Gasteiger partial charge in [0.05, 0.1) is 30.8 Å². The summed E-state index contributed by atoms with van der Waals surface area (Å²) < 4.78 is 22.0. The largest absolute Gasteiger partial charge is 0.496 e. The summed E-state index contributed by atoms with van der Waals surface area (Å²) in [6, 6.07) is 1.30. The molecule has 1 aromatic rings. The molecule has 2 fully saturated rings. The van der Waals surface area contributed by atoms with Gasteiger partial charge in [-0.1, -0.05) is 37.3 Å². The first-order chi connectivity index (χ1) is 14.2. The van der Waals surface area contributed by atoms with Crippen molar-refractivity contribution in [2.24, 2.45) is 5.41 Å². The van der Waals surface area contributed by atoms with Crippen LogP contribution in [0.2, 0.25) is 0 Å². The van der Waals surface area contributed by atoms with Gasteiger partial charge >= 0.3 is 5.63 Å². The van der Waals surface area contributed by atoms with Crippen molar-refractivity contribution in [1.29, 1.82) is 0 Å². The SMILES string of the molecule is CC[C@H]1O[C@H]2O[C@H](C=CC=CC=Cc3oc(=O)cc(OC)c3C)[C@H](O)[C@]2(C)[C@@]1(C)O. The molecule has 0 aliphatic carbocycles. The minimum Gasteiger partial charge on any atom is -0.496 e. The summed E-state index contributed by atoms with van der Waals surface area (Å²) in [4.78, 5) is 11.6. The molecule has 0 amide bonds. The predicted octanol–water partition coefficient (Wildman–Crippen LogP) is 2.73. The fraction of sp³-hybridized carbons (Fsp3) is 0.522. The first-order valence-corrected chi connectivity index (χ1v) is 10.1. The molecule has 3 rings (SSSR count). The lowest BCUT2D eigenvalue weighted by Gasteiger charge is -2.38. The number of allylic oxidation sites excluding steroid dienone is 4. The molecule has 0 aromatic carbocycles. The number of aliphatic hydroxyl groups excluding tert-OH is 1. The molecule has 0 saturated carbocycles. The van der Waals surface area contributed by atoms with Crippen LogP contribution >= 0.6 is 0 Å². The van der Waals surface area contributed by atoms with E-state index in [0.717, 1.165) is 5.56 Å². The third-order valence-corrected chi connectivity index (χ3v) is 6.37. The molecule has 3 heterocycles. The van der Waals surface area contributed by atoms with Gasteiger partial charge in [0.1, 0.15) is 23.2 Å². The lowest BCUT2D eigenvalue weighted by atomic mass is 9.69. The number of hydrogen-bond donors (Lipinski definition) is 2. The average Bonchev–Trinajstić information content (AvgIpc) is 3.07. The van der Waals surface area contributed by atoms with Crippen molar-refractivity contribution in [1.82, 2.24) is 0 Å². The Balaban J connectivity index is 1.65. The number of ether oxygens (including phenoxy) is 3. The Labute approximate surface area is 176 Å². The third-order valence-electron chi connectivity index (χ3n) is 6.37. The molecule has 7 nitrogen and oxygen atoms in total. The van der Waals surface area contributed by atoms with Crippen LogP contribution in [0.25, 0.3) is 6.08 Å². The Morgan fingerprint density at radius 1 is 1.20 bits per heavy atom. The predicted molar refractivity (Wildman–Crippen MR) is 112 cm³/mol. The summed E-state index contributed by atoms with van der Waals surface area (Å²) in [5.41, 5.74) is -1.84. The quantitative estimate of drug-likeness (QED) is 0.686. The molecule has 2 N–H and O–H groups in total. The zero-order valence-electron chi connectivity index (χ0n) is 18.0. The molecular formula is C23H30O7. The molecule has 1 aromatic heterocycles. The van der Waals surface area contributed by atoms with E-state index in [1.807, 2.05) is 6.92 Å². The van der Waals surface area contributed by atoms with Crippen LogP contribution in [0.15, 0.2) is 45.7 Å².